The largest absolute Gasteiger partial charge is 0.484 e. The van der Waals surface area contributed by atoms with E-state index in [9.17, 15) is 38.5 Å². The molecule has 3 aliphatic rings. The molecule has 2 bridgehead atoms. The highest BCUT2D eigenvalue weighted by Gasteiger charge is 2.47. The predicted octanol–water partition coefficient (Wildman–Crippen LogP) is 3.62. The fourth-order valence-corrected chi connectivity index (χ4v) is 5.66. The highest BCUT2D eigenvalue weighted by Crippen LogP contribution is 2.39. The van der Waals surface area contributed by atoms with Crippen molar-refractivity contribution in [3.8, 4) is 5.75 Å². The van der Waals surface area contributed by atoms with Crippen molar-refractivity contribution >= 4 is 41.1 Å². The standard InChI is InChI=1S/C25H23ClF2N4O7/c26-21-16(27)2-3-17(28)22(21)39-14-5-6-30(10-14)19-4-1-12(8-29-19)15-7-13-9-31(24(35)36)11-18(20(15)23(33)34)32(13)25(37)38/h1-4,8,13-14,18H,5-7,9-11H2,(H,33,34)(H,35,36)(H,37,38)/t13-,14+,18-/m0/s1. The van der Waals surface area contributed by atoms with Crippen molar-refractivity contribution in [1.82, 2.24) is 14.8 Å². The molecule has 1 aromatic heterocycles. The highest BCUT2D eigenvalue weighted by atomic mass is 35.5. The number of hydrogen-bond donors (Lipinski definition) is 3. The third kappa shape index (κ3) is 4.89. The van der Waals surface area contributed by atoms with Crippen LogP contribution in [0.5, 0.6) is 5.75 Å². The number of piperazine rings is 1. The summed E-state index contributed by atoms with van der Waals surface area (Å²) in [5.74, 6) is -2.69. The maximum atomic E-state index is 14.1. The molecule has 2 saturated heterocycles. The van der Waals surface area contributed by atoms with E-state index >= 15 is 0 Å². The third-order valence-corrected chi connectivity index (χ3v) is 7.58. The van der Waals surface area contributed by atoms with Crippen LogP contribution in [0.15, 0.2) is 36.0 Å². The number of anilines is 1. The number of ether oxygens (including phenoxy) is 1. The Morgan fingerprint density at radius 1 is 1.00 bits per heavy atom. The second kappa shape index (κ2) is 10.2. The van der Waals surface area contributed by atoms with Gasteiger partial charge in [-0.15, -0.1) is 0 Å². The Kier molecular flexibility index (Phi) is 6.93. The summed E-state index contributed by atoms with van der Waals surface area (Å²) in [6.45, 7) is 0.465. The minimum Gasteiger partial charge on any atom is -0.484 e. The van der Waals surface area contributed by atoms with Crippen LogP contribution < -0.4 is 9.64 Å². The van der Waals surface area contributed by atoms with Gasteiger partial charge in [-0.1, -0.05) is 11.6 Å². The van der Waals surface area contributed by atoms with Crippen molar-refractivity contribution < 1.29 is 43.2 Å². The number of rotatable bonds is 5. The summed E-state index contributed by atoms with van der Waals surface area (Å²) in [6.07, 6.45) is -1.03. The van der Waals surface area contributed by atoms with Crippen molar-refractivity contribution in [3.05, 3.63) is 58.3 Å². The lowest BCUT2D eigenvalue weighted by Crippen LogP contribution is -2.64. The molecular formula is C25H23ClF2N4O7. The number of benzene rings is 1. The van der Waals surface area contributed by atoms with E-state index in [4.69, 9.17) is 16.3 Å². The quantitative estimate of drug-likeness (QED) is 0.464. The van der Waals surface area contributed by atoms with E-state index in [1.54, 1.807) is 12.1 Å². The zero-order valence-electron chi connectivity index (χ0n) is 20.3. The van der Waals surface area contributed by atoms with Crippen LogP contribution in [0.1, 0.15) is 18.4 Å². The van der Waals surface area contributed by atoms with Gasteiger partial charge in [0.1, 0.15) is 22.8 Å². The van der Waals surface area contributed by atoms with E-state index < -0.39 is 53.0 Å². The van der Waals surface area contributed by atoms with Gasteiger partial charge in [0, 0.05) is 32.3 Å². The lowest BCUT2D eigenvalue weighted by Gasteiger charge is -2.48. The molecule has 0 spiro atoms. The molecule has 39 heavy (non-hydrogen) atoms. The summed E-state index contributed by atoms with van der Waals surface area (Å²) >= 11 is 5.86. The van der Waals surface area contributed by atoms with Crippen LogP contribution in [-0.4, -0.2) is 92.6 Å². The Labute approximate surface area is 225 Å². The predicted molar refractivity (Wildman–Crippen MR) is 133 cm³/mol. The van der Waals surface area contributed by atoms with Gasteiger partial charge < -0.3 is 29.9 Å². The maximum absolute atomic E-state index is 14.1. The van der Waals surface area contributed by atoms with Crippen molar-refractivity contribution in [3.63, 3.8) is 0 Å². The SMILES string of the molecule is O=C(O)C1=C(c2ccc(N3CC[C@@H](Oc4c(F)ccc(F)c4Cl)C3)nc2)C[C@H]2CN(C(=O)O)C[C@@H]1N2C(=O)O. The van der Waals surface area contributed by atoms with Crippen molar-refractivity contribution in [2.75, 3.05) is 31.1 Å². The fraction of sp³-hybridized carbons (Fsp3) is 0.360. The first-order chi connectivity index (χ1) is 18.5. The first kappa shape index (κ1) is 26.5. The van der Waals surface area contributed by atoms with Gasteiger partial charge in [0.15, 0.2) is 11.6 Å². The highest BCUT2D eigenvalue weighted by molar-refractivity contribution is 6.32. The first-order valence-electron chi connectivity index (χ1n) is 12.0. The van der Waals surface area contributed by atoms with Crippen LogP contribution in [-0.2, 0) is 4.79 Å². The maximum Gasteiger partial charge on any atom is 0.408 e. The van der Waals surface area contributed by atoms with Gasteiger partial charge in [0.05, 0.1) is 24.2 Å². The van der Waals surface area contributed by atoms with Gasteiger partial charge in [0.2, 0.25) is 0 Å². The molecule has 2 fully saturated rings. The second-order valence-electron chi connectivity index (χ2n) is 9.50. The van der Waals surface area contributed by atoms with Crippen LogP contribution in [0.3, 0.4) is 0 Å². The lowest BCUT2D eigenvalue weighted by molar-refractivity contribution is -0.133. The zero-order valence-corrected chi connectivity index (χ0v) is 21.0. The summed E-state index contributed by atoms with van der Waals surface area (Å²) in [6, 6.07) is 3.31. The van der Waals surface area contributed by atoms with E-state index in [0.29, 0.717) is 36.5 Å². The molecule has 2 aromatic rings. The molecule has 14 heteroatoms. The Bertz CT molecular complexity index is 1370. The number of amides is 2. The molecule has 0 aliphatic carbocycles. The number of aromatic nitrogens is 1. The molecule has 2 amide bonds. The molecule has 11 nitrogen and oxygen atoms in total. The molecule has 0 saturated carbocycles. The number of halogens is 3. The number of carboxylic acids is 1. The molecule has 5 rings (SSSR count). The van der Waals surface area contributed by atoms with E-state index in [2.05, 4.69) is 4.98 Å². The Balaban J connectivity index is 1.37. The summed E-state index contributed by atoms with van der Waals surface area (Å²) in [4.78, 5) is 44.1. The molecule has 1 aromatic carbocycles. The minimum absolute atomic E-state index is 0.00876. The normalized spacial score (nSPS) is 22.7. The third-order valence-electron chi connectivity index (χ3n) is 7.23. The fourth-order valence-electron chi connectivity index (χ4n) is 5.47. The number of aliphatic carboxylic acids is 1. The Hall–Kier alpha value is -4.13. The molecule has 3 atom stereocenters. The van der Waals surface area contributed by atoms with E-state index in [1.807, 2.05) is 4.90 Å². The van der Waals surface area contributed by atoms with Gasteiger partial charge in [0.25, 0.3) is 0 Å². The summed E-state index contributed by atoms with van der Waals surface area (Å²) in [5.41, 5.74) is 0.705. The van der Waals surface area contributed by atoms with Crippen LogP contribution in [0, 0.1) is 11.6 Å². The van der Waals surface area contributed by atoms with Gasteiger partial charge in [-0.05, 0) is 41.8 Å². The number of pyridine rings is 1. The number of hydrogen-bond acceptors (Lipinski definition) is 6. The average Bonchev–Trinajstić information content (AvgIpc) is 3.36. The van der Waals surface area contributed by atoms with Crippen molar-refractivity contribution in [2.45, 2.75) is 31.0 Å². The van der Waals surface area contributed by atoms with Gasteiger partial charge in [-0.25, -0.2) is 28.1 Å². The van der Waals surface area contributed by atoms with Crippen LogP contribution in [0.25, 0.3) is 5.57 Å². The first-order valence-corrected chi connectivity index (χ1v) is 12.4. The smallest absolute Gasteiger partial charge is 0.408 e. The number of carboxylic acid groups (broad SMARTS) is 3. The van der Waals surface area contributed by atoms with Gasteiger partial charge in [-0.3, -0.25) is 4.90 Å². The van der Waals surface area contributed by atoms with Crippen LogP contribution in [0.4, 0.5) is 24.2 Å². The average molecular weight is 565 g/mol. The van der Waals surface area contributed by atoms with Crippen LogP contribution in [0.2, 0.25) is 5.02 Å². The molecule has 3 aliphatic heterocycles. The van der Waals surface area contributed by atoms with Crippen LogP contribution >= 0.6 is 11.6 Å². The lowest BCUT2D eigenvalue weighted by atomic mass is 9.82. The van der Waals surface area contributed by atoms with Gasteiger partial charge in [-0.2, -0.15) is 0 Å². The summed E-state index contributed by atoms with van der Waals surface area (Å²) in [5, 5.41) is 28.7. The minimum atomic E-state index is -1.33. The zero-order chi connectivity index (χ0) is 28.0. The molecule has 3 N–H and O–H groups in total. The molecular weight excluding hydrogens is 542 g/mol. The molecule has 4 heterocycles. The van der Waals surface area contributed by atoms with E-state index in [0.717, 1.165) is 21.9 Å². The summed E-state index contributed by atoms with van der Waals surface area (Å²) < 4.78 is 33.5. The molecule has 0 unspecified atom stereocenters. The monoisotopic (exact) mass is 564 g/mol. The van der Waals surface area contributed by atoms with Crippen molar-refractivity contribution in [1.29, 1.82) is 0 Å². The topological polar surface area (TPSA) is 144 Å². The number of nitrogens with zero attached hydrogens (tertiary/aromatic N) is 4. The molecule has 0 radical (unpaired) electrons. The number of carbonyl (C=O) groups is 3. The van der Waals surface area contributed by atoms with E-state index in [-0.39, 0.29) is 30.8 Å². The van der Waals surface area contributed by atoms with E-state index in [1.165, 1.54) is 6.20 Å². The summed E-state index contributed by atoms with van der Waals surface area (Å²) in [7, 11) is 0. The Morgan fingerprint density at radius 3 is 2.38 bits per heavy atom. The Morgan fingerprint density at radius 2 is 1.74 bits per heavy atom. The van der Waals surface area contributed by atoms with Crippen molar-refractivity contribution in [2.24, 2.45) is 0 Å². The number of fused-ring (bicyclic) bond motifs is 2. The second-order valence-corrected chi connectivity index (χ2v) is 9.88. The van der Waals surface area contributed by atoms with Gasteiger partial charge >= 0.3 is 18.2 Å². The molecule has 206 valence electrons.